The maximum absolute atomic E-state index is 12.9. The minimum atomic E-state index is -0.555. The summed E-state index contributed by atoms with van der Waals surface area (Å²) in [5.41, 5.74) is 2.74. The summed E-state index contributed by atoms with van der Waals surface area (Å²) >= 11 is 6.03. The lowest BCUT2D eigenvalue weighted by molar-refractivity contribution is 0.0985. The van der Waals surface area contributed by atoms with Crippen LogP contribution in [0.1, 0.15) is 39.4 Å². The Morgan fingerprint density at radius 2 is 1.91 bits per heavy atom. The van der Waals surface area contributed by atoms with Gasteiger partial charge in [0.15, 0.2) is 5.69 Å². The van der Waals surface area contributed by atoms with Crippen molar-refractivity contribution in [2.45, 2.75) is 25.9 Å². The predicted octanol–water partition coefficient (Wildman–Crippen LogP) is 3.88. The maximum atomic E-state index is 12.9. The first-order valence-electron chi connectivity index (χ1n) is 11.3. The number of anilines is 2. The highest BCUT2D eigenvalue weighted by Gasteiger charge is 2.22. The smallest absolute Gasteiger partial charge is 0.276 e. The molecule has 0 unspecified atom stereocenters. The summed E-state index contributed by atoms with van der Waals surface area (Å²) in [6, 6.07) is 10.7. The highest BCUT2D eigenvalue weighted by atomic mass is 35.5. The normalized spacial score (nSPS) is 14.1. The second kappa shape index (κ2) is 9.77. The predicted molar refractivity (Wildman–Crippen MR) is 133 cm³/mol. The standard InChI is InChI=1S/C24H24ClN7O3/c1-13-2-3-14(25)10-18(13)29-22(33)20-21(28-12-27-20)23(34)32-24-30-17-5-4-16(11-19(17)31-24)35-15-6-8-26-9-7-15/h2-5,10-12,15,26H,6-9H2,1H3,(H,27,28)(H,29,33)(H2,30,31,32,34). The first-order valence-corrected chi connectivity index (χ1v) is 11.6. The zero-order chi connectivity index (χ0) is 24.4. The highest BCUT2D eigenvalue weighted by Crippen LogP contribution is 2.24. The zero-order valence-electron chi connectivity index (χ0n) is 18.9. The van der Waals surface area contributed by atoms with Crippen LogP contribution in [0.4, 0.5) is 11.6 Å². The lowest BCUT2D eigenvalue weighted by atomic mass is 10.1. The Balaban J connectivity index is 1.29. The van der Waals surface area contributed by atoms with Crippen molar-refractivity contribution in [3.63, 3.8) is 0 Å². The van der Waals surface area contributed by atoms with Gasteiger partial charge in [-0.3, -0.25) is 14.9 Å². The molecule has 1 aliphatic heterocycles. The number of hydrogen-bond acceptors (Lipinski definition) is 6. The van der Waals surface area contributed by atoms with Gasteiger partial charge < -0.3 is 25.3 Å². The fourth-order valence-corrected chi connectivity index (χ4v) is 4.12. The number of imidazole rings is 2. The third kappa shape index (κ3) is 5.13. The molecule has 4 aromatic rings. The molecule has 3 heterocycles. The van der Waals surface area contributed by atoms with Gasteiger partial charge in [-0.15, -0.1) is 0 Å². The number of piperidine rings is 1. The van der Waals surface area contributed by atoms with Gasteiger partial charge in [0, 0.05) is 16.8 Å². The number of benzene rings is 2. The van der Waals surface area contributed by atoms with E-state index in [0.717, 1.165) is 42.8 Å². The van der Waals surface area contributed by atoms with E-state index >= 15 is 0 Å². The van der Waals surface area contributed by atoms with Crippen LogP contribution in [0, 0.1) is 6.92 Å². The molecular formula is C24H24ClN7O3. The van der Waals surface area contributed by atoms with E-state index in [4.69, 9.17) is 16.3 Å². The number of fused-ring (bicyclic) bond motifs is 1. The molecule has 0 bridgehead atoms. The van der Waals surface area contributed by atoms with E-state index in [9.17, 15) is 9.59 Å². The number of amides is 2. The Kier molecular flexibility index (Phi) is 6.39. The van der Waals surface area contributed by atoms with E-state index in [1.54, 1.807) is 18.2 Å². The van der Waals surface area contributed by atoms with Crippen LogP contribution in [-0.2, 0) is 0 Å². The van der Waals surface area contributed by atoms with Crippen molar-refractivity contribution < 1.29 is 14.3 Å². The van der Waals surface area contributed by atoms with Gasteiger partial charge in [0.05, 0.1) is 17.4 Å². The molecule has 1 saturated heterocycles. The molecule has 0 radical (unpaired) electrons. The van der Waals surface area contributed by atoms with Gasteiger partial charge in [-0.1, -0.05) is 17.7 Å². The van der Waals surface area contributed by atoms with Crippen LogP contribution in [0.25, 0.3) is 11.0 Å². The topological polar surface area (TPSA) is 137 Å². The largest absolute Gasteiger partial charge is 0.490 e. The number of nitrogens with zero attached hydrogens (tertiary/aromatic N) is 2. The van der Waals surface area contributed by atoms with Crippen molar-refractivity contribution in [1.82, 2.24) is 25.3 Å². The summed E-state index contributed by atoms with van der Waals surface area (Å²) in [5.74, 6) is -0.111. The molecule has 1 fully saturated rings. The number of hydrogen-bond donors (Lipinski definition) is 5. The molecular weight excluding hydrogens is 470 g/mol. The minimum Gasteiger partial charge on any atom is -0.490 e. The van der Waals surface area contributed by atoms with Gasteiger partial charge in [-0.25, -0.2) is 9.97 Å². The van der Waals surface area contributed by atoms with E-state index in [2.05, 4.69) is 35.9 Å². The Bertz CT molecular complexity index is 1390. The number of nitrogens with one attached hydrogen (secondary N) is 5. The number of aromatic nitrogens is 4. The molecule has 2 amide bonds. The molecule has 0 aliphatic carbocycles. The summed E-state index contributed by atoms with van der Waals surface area (Å²) < 4.78 is 6.07. The molecule has 180 valence electrons. The SMILES string of the molecule is Cc1ccc(Cl)cc1NC(=O)c1nc[nH]c1C(=O)Nc1nc2cc(OC3CCNCC3)ccc2[nH]1. The Morgan fingerprint density at radius 1 is 1.09 bits per heavy atom. The van der Waals surface area contributed by atoms with Gasteiger partial charge >= 0.3 is 0 Å². The minimum absolute atomic E-state index is 0.0116. The van der Waals surface area contributed by atoms with E-state index in [0.29, 0.717) is 16.2 Å². The van der Waals surface area contributed by atoms with Crippen LogP contribution >= 0.6 is 11.6 Å². The third-order valence-electron chi connectivity index (χ3n) is 5.80. The first-order chi connectivity index (χ1) is 17.0. The van der Waals surface area contributed by atoms with Crippen LogP contribution in [0.5, 0.6) is 5.75 Å². The molecule has 2 aromatic heterocycles. The van der Waals surface area contributed by atoms with Crippen molar-refractivity contribution in [2.24, 2.45) is 0 Å². The van der Waals surface area contributed by atoms with E-state index in [1.165, 1.54) is 6.33 Å². The van der Waals surface area contributed by atoms with Crippen LogP contribution in [-0.4, -0.2) is 50.9 Å². The van der Waals surface area contributed by atoms with Crippen LogP contribution in [0.15, 0.2) is 42.7 Å². The summed E-state index contributed by atoms with van der Waals surface area (Å²) in [5, 5.41) is 9.24. The quantitative estimate of drug-likeness (QED) is 0.276. The van der Waals surface area contributed by atoms with Crippen molar-refractivity contribution in [3.8, 4) is 5.75 Å². The molecule has 0 spiro atoms. The van der Waals surface area contributed by atoms with Crippen molar-refractivity contribution in [1.29, 1.82) is 0 Å². The molecule has 35 heavy (non-hydrogen) atoms. The second-order valence-electron chi connectivity index (χ2n) is 8.33. The fourth-order valence-electron chi connectivity index (χ4n) is 3.94. The van der Waals surface area contributed by atoms with Crippen molar-refractivity contribution >= 4 is 46.1 Å². The van der Waals surface area contributed by atoms with Gasteiger partial charge in [-0.2, -0.15) is 0 Å². The Labute approximate surface area is 205 Å². The van der Waals surface area contributed by atoms with Crippen LogP contribution in [0.3, 0.4) is 0 Å². The van der Waals surface area contributed by atoms with Crippen molar-refractivity contribution in [3.05, 3.63) is 64.7 Å². The summed E-state index contributed by atoms with van der Waals surface area (Å²) in [6.45, 7) is 3.73. The molecule has 0 saturated carbocycles. The Hall–Kier alpha value is -3.89. The molecule has 10 nitrogen and oxygen atoms in total. The lowest BCUT2D eigenvalue weighted by Crippen LogP contribution is -2.34. The Morgan fingerprint density at radius 3 is 2.74 bits per heavy atom. The number of halogens is 1. The van der Waals surface area contributed by atoms with Gasteiger partial charge in [0.25, 0.3) is 11.8 Å². The first kappa shape index (κ1) is 22.9. The molecule has 5 rings (SSSR count). The number of rotatable bonds is 6. The fraction of sp³-hybridized carbons (Fsp3) is 0.250. The third-order valence-corrected chi connectivity index (χ3v) is 6.04. The molecule has 0 atom stereocenters. The number of ether oxygens (including phenoxy) is 1. The van der Waals surface area contributed by atoms with E-state index in [-0.39, 0.29) is 23.4 Å². The van der Waals surface area contributed by atoms with Gasteiger partial charge in [0.1, 0.15) is 17.5 Å². The van der Waals surface area contributed by atoms with Crippen molar-refractivity contribution in [2.75, 3.05) is 23.7 Å². The van der Waals surface area contributed by atoms with Gasteiger partial charge in [-0.05, 0) is 62.7 Å². The van der Waals surface area contributed by atoms with E-state index < -0.39 is 11.8 Å². The summed E-state index contributed by atoms with van der Waals surface area (Å²) in [7, 11) is 0. The highest BCUT2D eigenvalue weighted by molar-refractivity contribution is 6.31. The average Bonchev–Trinajstić information content (AvgIpc) is 3.49. The van der Waals surface area contributed by atoms with Crippen LogP contribution < -0.4 is 20.7 Å². The summed E-state index contributed by atoms with van der Waals surface area (Å²) in [6.07, 6.45) is 3.37. The number of carbonyl (C=O) groups excluding carboxylic acids is 2. The molecule has 11 heteroatoms. The van der Waals surface area contributed by atoms with E-state index in [1.807, 2.05) is 25.1 Å². The molecule has 5 N–H and O–H groups in total. The number of aryl methyl sites for hydroxylation is 1. The van der Waals surface area contributed by atoms with Crippen LogP contribution in [0.2, 0.25) is 5.02 Å². The van der Waals surface area contributed by atoms with Gasteiger partial charge in [0.2, 0.25) is 5.95 Å². The molecule has 2 aromatic carbocycles. The molecule has 1 aliphatic rings. The zero-order valence-corrected chi connectivity index (χ0v) is 19.7. The monoisotopic (exact) mass is 493 g/mol. The average molecular weight is 494 g/mol. The maximum Gasteiger partial charge on any atom is 0.276 e. The number of aromatic amines is 2. The summed E-state index contributed by atoms with van der Waals surface area (Å²) in [4.78, 5) is 40.0. The lowest BCUT2D eigenvalue weighted by Gasteiger charge is -2.23. The second-order valence-corrected chi connectivity index (χ2v) is 8.76. The number of carbonyl (C=O) groups is 2. The number of H-pyrrole nitrogens is 2.